The summed E-state index contributed by atoms with van der Waals surface area (Å²) in [7, 11) is -3.87. The highest BCUT2D eigenvalue weighted by molar-refractivity contribution is 7.89. The van der Waals surface area contributed by atoms with Crippen molar-refractivity contribution in [2.45, 2.75) is 25.3 Å². The summed E-state index contributed by atoms with van der Waals surface area (Å²) in [6.07, 6.45) is 1.51. The normalized spacial score (nSPS) is 16.9. The lowest BCUT2D eigenvalue weighted by atomic mass is 9.98. The van der Waals surface area contributed by atoms with Crippen LogP contribution in [0.1, 0.15) is 18.1 Å². The Bertz CT molecular complexity index is 1010. The van der Waals surface area contributed by atoms with E-state index >= 15 is 0 Å². The van der Waals surface area contributed by atoms with Crippen LogP contribution in [0.25, 0.3) is 0 Å². The van der Waals surface area contributed by atoms with Gasteiger partial charge in [-0.05, 0) is 31.5 Å². The Morgan fingerprint density at radius 3 is 2.39 bits per heavy atom. The van der Waals surface area contributed by atoms with Gasteiger partial charge in [0, 0.05) is 5.57 Å². The second-order valence-electron chi connectivity index (χ2n) is 6.75. The highest BCUT2D eigenvalue weighted by Crippen LogP contribution is 2.35. The number of nitrogens with zero attached hydrogens (tertiary/aromatic N) is 1. The zero-order valence-corrected chi connectivity index (χ0v) is 16.8. The lowest BCUT2D eigenvalue weighted by molar-refractivity contribution is -0.119. The zero-order chi connectivity index (χ0) is 20.3. The molecule has 0 amide bonds. The van der Waals surface area contributed by atoms with Crippen LogP contribution in [0.2, 0.25) is 0 Å². The third kappa shape index (κ3) is 3.87. The van der Waals surface area contributed by atoms with Gasteiger partial charge in [0.1, 0.15) is 12.4 Å². The minimum Gasteiger partial charge on any atom is -0.473 e. The van der Waals surface area contributed by atoms with E-state index in [-0.39, 0.29) is 29.7 Å². The van der Waals surface area contributed by atoms with Gasteiger partial charge in [-0.2, -0.15) is 0 Å². The van der Waals surface area contributed by atoms with Crippen LogP contribution in [0, 0.1) is 12.8 Å². The monoisotopic (exact) mass is 397 g/mol. The Morgan fingerprint density at radius 2 is 1.82 bits per heavy atom. The molecule has 1 atom stereocenters. The number of sulfonamides is 1. The quantitative estimate of drug-likeness (QED) is 0.713. The first-order chi connectivity index (χ1) is 13.3. The van der Waals surface area contributed by atoms with Crippen LogP contribution >= 0.6 is 0 Å². The first-order valence-corrected chi connectivity index (χ1v) is 10.4. The van der Waals surface area contributed by atoms with Gasteiger partial charge in [0.15, 0.2) is 0 Å². The Hall–Kier alpha value is -2.86. The molecule has 2 aromatic rings. The maximum atomic E-state index is 13.3. The van der Waals surface area contributed by atoms with E-state index in [0.717, 1.165) is 11.1 Å². The summed E-state index contributed by atoms with van der Waals surface area (Å²) in [4.78, 5) is 12.3. The van der Waals surface area contributed by atoms with Crippen LogP contribution in [0.4, 0.5) is 0 Å². The molecule has 0 N–H and O–H groups in total. The third-order valence-electron chi connectivity index (χ3n) is 4.74. The zero-order valence-electron chi connectivity index (χ0n) is 16.0. The fraction of sp³-hybridized carbons (Fsp3) is 0.227. The van der Waals surface area contributed by atoms with Gasteiger partial charge < -0.3 is 4.74 Å². The molecule has 1 aliphatic heterocycles. The number of benzene rings is 2. The maximum Gasteiger partial charge on any atom is 0.266 e. The van der Waals surface area contributed by atoms with Crippen molar-refractivity contribution < 1.29 is 17.9 Å². The Morgan fingerprint density at radius 1 is 1.18 bits per heavy atom. The number of Topliss-reactive ketones (excluding diaryl/α,β-unsaturated/α-hetero) is 1. The Labute approximate surface area is 166 Å². The van der Waals surface area contributed by atoms with Gasteiger partial charge in [-0.25, -0.2) is 12.7 Å². The predicted octanol–water partition coefficient (Wildman–Crippen LogP) is 3.82. The van der Waals surface area contributed by atoms with Crippen molar-refractivity contribution in [3.05, 3.63) is 89.8 Å². The second-order valence-corrected chi connectivity index (χ2v) is 8.61. The van der Waals surface area contributed by atoms with Gasteiger partial charge in [-0.3, -0.25) is 4.79 Å². The van der Waals surface area contributed by atoms with E-state index in [1.165, 1.54) is 17.3 Å². The van der Waals surface area contributed by atoms with Gasteiger partial charge in [-0.1, -0.05) is 60.7 Å². The van der Waals surface area contributed by atoms with E-state index in [1.54, 1.807) is 24.3 Å². The molecule has 2 aromatic carbocycles. The molecule has 146 valence electrons. The molecule has 6 heteroatoms. The van der Waals surface area contributed by atoms with Crippen LogP contribution in [-0.2, 0) is 26.2 Å². The lowest BCUT2D eigenvalue weighted by Gasteiger charge is -2.23. The summed E-state index contributed by atoms with van der Waals surface area (Å²) in [5.74, 6) is -0.555. The molecule has 0 spiro atoms. The van der Waals surface area contributed by atoms with Gasteiger partial charge in [0.2, 0.25) is 5.88 Å². The SMILES string of the molecule is C=CC1=C(OCc2ccccc2)N(S(=O)(=O)c2ccc(C)cc2)CC1C(C)=O. The van der Waals surface area contributed by atoms with E-state index < -0.39 is 15.9 Å². The second kappa shape index (κ2) is 8.02. The Balaban J connectivity index is 2.00. The van der Waals surface area contributed by atoms with Crippen molar-refractivity contribution >= 4 is 15.8 Å². The van der Waals surface area contributed by atoms with Crippen LogP contribution in [0.15, 0.2) is 83.6 Å². The largest absolute Gasteiger partial charge is 0.473 e. The summed E-state index contributed by atoms with van der Waals surface area (Å²) in [5.41, 5.74) is 2.36. The standard InChI is InChI=1S/C22H23NO4S/c1-4-20-21(17(3)24)14-23(22(20)27-15-18-8-6-5-7-9-18)28(25,26)19-12-10-16(2)11-13-19/h4-13,21H,1,14-15H2,2-3H3. The molecule has 1 heterocycles. The number of rotatable bonds is 7. The van der Waals surface area contributed by atoms with Gasteiger partial charge >= 0.3 is 0 Å². The van der Waals surface area contributed by atoms with Crippen LogP contribution in [0.3, 0.4) is 0 Å². The first kappa shape index (κ1) is 19.9. The molecule has 0 bridgehead atoms. The average Bonchev–Trinajstić information content (AvgIpc) is 3.07. The minimum atomic E-state index is -3.87. The highest BCUT2D eigenvalue weighted by Gasteiger charge is 2.41. The molecular formula is C22H23NO4S. The molecule has 28 heavy (non-hydrogen) atoms. The number of ether oxygens (including phenoxy) is 1. The average molecular weight is 397 g/mol. The topological polar surface area (TPSA) is 63.7 Å². The third-order valence-corrected chi connectivity index (χ3v) is 6.50. The number of carbonyl (C=O) groups excluding carboxylic acids is 1. The summed E-state index contributed by atoms with van der Waals surface area (Å²) in [5, 5.41) is 0. The van der Waals surface area contributed by atoms with Crippen molar-refractivity contribution in [3.8, 4) is 0 Å². The summed E-state index contributed by atoms with van der Waals surface area (Å²) in [6.45, 7) is 7.31. The minimum absolute atomic E-state index is 0.0109. The van der Waals surface area contributed by atoms with Crippen molar-refractivity contribution in [2.24, 2.45) is 5.92 Å². The summed E-state index contributed by atoms with van der Waals surface area (Å²) in [6, 6.07) is 16.1. The fourth-order valence-corrected chi connectivity index (χ4v) is 4.60. The molecular weight excluding hydrogens is 374 g/mol. The molecule has 0 saturated heterocycles. The molecule has 0 aromatic heterocycles. The number of carbonyl (C=O) groups is 1. The van der Waals surface area contributed by atoms with Gasteiger partial charge in [0.05, 0.1) is 17.4 Å². The number of ketones is 1. The van der Waals surface area contributed by atoms with Gasteiger partial charge in [0.25, 0.3) is 10.0 Å². The van der Waals surface area contributed by atoms with E-state index in [9.17, 15) is 13.2 Å². The molecule has 1 unspecified atom stereocenters. The van der Waals surface area contributed by atoms with E-state index in [1.807, 2.05) is 37.3 Å². The lowest BCUT2D eigenvalue weighted by Crippen LogP contribution is -2.31. The summed E-state index contributed by atoms with van der Waals surface area (Å²) < 4.78 is 33.6. The van der Waals surface area contributed by atoms with E-state index in [0.29, 0.717) is 5.57 Å². The van der Waals surface area contributed by atoms with Crippen molar-refractivity contribution in [1.29, 1.82) is 0 Å². The van der Waals surface area contributed by atoms with E-state index in [4.69, 9.17) is 4.74 Å². The fourth-order valence-electron chi connectivity index (χ4n) is 3.14. The highest BCUT2D eigenvalue weighted by atomic mass is 32.2. The number of hydrogen-bond acceptors (Lipinski definition) is 4. The summed E-state index contributed by atoms with van der Waals surface area (Å²) >= 11 is 0. The molecule has 3 rings (SSSR count). The van der Waals surface area contributed by atoms with Crippen LogP contribution in [0.5, 0.6) is 0 Å². The molecule has 0 saturated carbocycles. The predicted molar refractivity (Wildman–Crippen MR) is 108 cm³/mol. The van der Waals surface area contributed by atoms with Crippen molar-refractivity contribution in [3.63, 3.8) is 0 Å². The van der Waals surface area contributed by atoms with Crippen molar-refractivity contribution in [2.75, 3.05) is 6.54 Å². The van der Waals surface area contributed by atoms with Gasteiger partial charge in [-0.15, -0.1) is 0 Å². The van der Waals surface area contributed by atoms with Crippen molar-refractivity contribution in [1.82, 2.24) is 4.31 Å². The number of hydrogen-bond donors (Lipinski definition) is 0. The maximum absolute atomic E-state index is 13.3. The molecule has 1 aliphatic rings. The van der Waals surface area contributed by atoms with Crippen LogP contribution in [-0.4, -0.2) is 25.1 Å². The first-order valence-electron chi connectivity index (χ1n) is 8.97. The van der Waals surface area contributed by atoms with E-state index in [2.05, 4.69) is 6.58 Å². The molecule has 5 nitrogen and oxygen atoms in total. The number of aryl methyl sites for hydroxylation is 1. The Kier molecular flexibility index (Phi) is 5.70. The number of allylic oxidation sites excluding steroid dienone is 1. The molecule has 0 radical (unpaired) electrons. The molecule has 0 aliphatic carbocycles. The molecule has 0 fully saturated rings. The smallest absolute Gasteiger partial charge is 0.266 e. The van der Waals surface area contributed by atoms with Crippen LogP contribution < -0.4 is 0 Å².